The summed E-state index contributed by atoms with van der Waals surface area (Å²) in [5.41, 5.74) is 1.78. The monoisotopic (exact) mass is 316 g/mol. The highest BCUT2D eigenvalue weighted by atomic mass is 35.5. The van der Waals surface area contributed by atoms with Crippen LogP contribution in [0.5, 0.6) is 0 Å². The molecule has 0 atom stereocenters. The van der Waals surface area contributed by atoms with E-state index in [0.717, 1.165) is 36.0 Å². The largest absolute Gasteiger partial charge is 0.355 e. The number of hydrogen-bond donors (Lipinski definition) is 0. The van der Waals surface area contributed by atoms with Gasteiger partial charge in [-0.1, -0.05) is 11.6 Å². The first kappa shape index (κ1) is 14.2. The summed E-state index contributed by atoms with van der Waals surface area (Å²) in [7, 11) is 0. The minimum absolute atomic E-state index is 0.709. The van der Waals surface area contributed by atoms with E-state index in [-0.39, 0.29) is 0 Å². The fraction of sp³-hybridized carbons (Fsp3) is 0.529. The van der Waals surface area contributed by atoms with Gasteiger partial charge in [-0.25, -0.2) is 4.98 Å². The van der Waals surface area contributed by atoms with Crippen LogP contribution in [-0.4, -0.2) is 47.1 Å². The summed E-state index contributed by atoms with van der Waals surface area (Å²) in [6, 6.07) is 6.46. The highest BCUT2D eigenvalue weighted by Gasteiger charge is 2.26. The Kier molecular flexibility index (Phi) is 3.89. The normalized spacial score (nSPS) is 20.9. The lowest BCUT2D eigenvalue weighted by Gasteiger charge is -2.37. The number of rotatable bonds is 2. The van der Waals surface area contributed by atoms with Crippen molar-refractivity contribution in [3.63, 3.8) is 0 Å². The molecule has 2 fully saturated rings. The Hall–Kier alpha value is -1.39. The zero-order valence-corrected chi connectivity index (χ0v) is 13.5. The lowest BCUT2D eigenvalue weighted by atomic mass is 10.0. The number of likely N-dealkylation sites (tertiary alicyclic amines) is 1. The van der Waals surface area contributed by atoms with Gasteiger partial charge in [-0.2, -0.15) is 0 Å². The molecule has 0 radical (unpaired) electrons. The Bertz CT molecular complexity index is 661. The number of nitrogens with zero attached hydrogens (tertiary/aromatic N) is 4. The van der Waals surface area contributed by atoms with E-state index >= 15 is 0 Å². The molecule has 2 aliphatic rings. The van der Waals surface area contributed by atoms with Crippen molar-refractivity contribution in [2.24, 2.45) is 0 Å². The molecule has 0 unspecified atom stereocenters. The number of halogens is 1. The van der Waals surface area contributed by atoms with Gasteiger partial charge in [0, 0.05) is 24.2 Å². The van der Waals surface area contributed by atoms with Crippen LogP contribution in [0.25, 0.3) is 11.0 Å². The van der Waals surface area contributed by atoms with Crippen molar-refractivity contribution in [3.05, 3.63) is 29.4 Å². The molecule has 116 valence electrons. The molecule has 4 nitrogen and oxygen atoms in total. The summed E-state index contributed by atoms with van der Waals surface area (Å²) in [4.78, 5) is 14.3. The van der Waals surface area contributed by atoms with Crippen LogP contribution in [0.4, 0.5) is 5.82 Å². The van der Waals surface area contributed by atoms with Crippen LogP contribution in [0, 0.1) is 0 Å². The Balaban J connectivity index is 1.47. The van der Waals surface area contributed by atoms with E-state index in [4.69, 9.17) is 16.6 Å². The van der Waals surface area contributed by atoms with E-state index in [1.54, 1.807) is 0 Å². The molecule has 0 aliphatic carbocycles. The van der Waals surface area contributed by atoms with E-state index in [9.17, 15) is 0 Å². The van der Waals surface area contributed by atoms with Gasteiger partial charge < -0.3 is 9.80 Å². The number of piperidine rings is 1. The van der Waals surface area contributed by atoms with Crippen molar-refractivity contribution in [2.75, 3.05) is 31.1 Å². The topological polar surface area (TPSA) is 32.3 Å². The second-order valence-corrected chi connectivity index (χ2v) is 6.76. The van der Waals surface area contributed by atoms with Crippen molar-refractivity contribution < 1.29 is 0 Å². The maximum absolute atomic E-state index is 6.00. The zero-order valence-electron chi connectivity index (χ0n) is 12.7. The lowest BCUT2D eigenvalue weighted by Crippen LogP contribution is -2.44. The molecule has 2 aliphatic heterocycles. The highest BCUT2D eigenvalue weighted by molar-refractivity contribution is 6.31. The second kappa shape index (κ2) is 6.01. The molecule has 0 spiro atoms. The molecule has 1 aromatic heterocycles. The predicted octanol–water partition coefficient (Wildman–Crippen LogP) is 3.35. The van der Waals surface area contributed by atoms with E-state index in [2.05, 4.69) is 14.8 Å². The highest BCUT2D eigenvalue weighted by Crippen LogP contribution is 2.25. The summed E-state index contributed by atoms with van der Waals surface area (Å²) in [5.74, 6) is 0.995. The summed E-state index contributed by atoms with van der Waals surface area (Å²) >= 11 is 6.00. The molecule has 22 heavy (non-hydrogen) atoms. The predicted molar refractivity (Wildman–Crippen MR) is 90.6 cm³/mol. The van der Waals surface area contributed by atoms with Gasteiger partial charge in [0.2, 0.25) is 0 Å². The minimum atomic E-state index is 0.709. The molecule has 2 saturated heterocycles. The smallest absolute Gasteiger partial charge is 0.147 e. The number of hydrogen-bond acceptors (Lipinski definition) is 4. The van der Waals surface area contributed by atoms with Gasteiger partial charge in [-0.15, -0.1) is 0 Å². The van der Waals surface area contributed by atoms with Crippen molar-refractivity contribution in [1.82, 2.24) is 14.9 Å². The Morgan fingerprint density at radius 1 is 1.00 bits per heavy atom. The number of fused-ring (bicyclic) bond motifs is 1. The Labute approximate surface area is 136 Å². The van der Waals surface area contributed by atoms with E-state index in [1.165, 1.54) is 38.8 Å². The third-order valence-corrected chi connectivity index (χ3v) is 5.17. The lowest BCUT2D eigenvalue weighted by molar-refractivity contribution is 0.207. The standard InChI is InChI=1S/C17H21ClN4/c18-13-3-4-15-16(11-13)19-12-17(20-15)22-9-5-14(6-10-22)21-7-1-2-8-21/h3-4,11-12,14H,1-2,5-10H2. The van der Waals surface area contributed by atoms with Crippen LogP contribution < -0.4 is 4.90 Å². The van der Waals surface area contributed by atoms with Gasteiger partial charge in [0.25, 0.3) is 0 Å². The molecule has 0 amide bonds. The molecule has 4 rings (SSSR count). The van der Waals surface area contributed by atoms with Gasteiger partial charge in [0.15, 0.2) is 0 Å². The van der Waals surface area contributed by atoms with Gasteiger partial charge in [0.1, 0.15) is 5.82 Å². The first-order valence-electron chi connectivity index (χ1n) is 8.21. The second-order valence-electron chi connectivity index (χ2n) is 6.32. The summed E-state index contributed by atoms with van der Waals surface area (Å²) in [5, 5.41) is 0.709. The van der Waals surface area contributed by atoms with Gasteiger partial charge in [-0.05, 0) is 57.0 Å². The maximum atomic E-state index is 6.00. The number of aromatic nitrogens is 2. The van der Waals surface area contributed by atoms with Crippen molar-refractivity contribution in [3.8, 4) is 0 Å². The number of benzene rings is 1. The summed E-state index contributed by atoms with van der Waals surface area (Å²) in [6.45, 7) is 4.74. The van der Waals surface area contributed by atoms with Crippen LogP contribution in [-0.2, 0) is 0 Å². The van der Waals surface area contributed by atoms with Crippen molar-refractivity contribution in [1.29, 1.82) is 0 Å². The SMILES string of the molecule is Clc1ccc2nc(N3CCC(N4CCCC4)CC3)cnc2c1. The Morgan fingerprint density at radius 2 is 1.77 bits per heavy atom. The Morgan fingerprint density at radius 3 is 2.55 bits per heavy atom. The van der Waals surface area contributed by atoms with Crippen LogP contribution >= 0.6 is 11.6 Å². The quantitative estimate of drug-likeness (QED) is 0.850. The van der Waals surface area contributed by atoms with E-state index < -0.39 is 0 Å². The number of anilines is 1. The molecular formula is C17H21ClN4. The zero-order chi connectivity index (χ0) is 14.9. The van der Waals surface area contributed by atoms with Crippen molar-refractivity contribution >= 4 is 28.5 Å². The molecule has 0 bridgehead atoms. The first-order valence-corrected chi connectivity index (χ1v) is 8.59. The van der Waals surface area contributed by atoms with Crippen molar-refractivity contribution in [2.45, 2.75) is 31.7 Å². The third kappa shape index (κ3) is 2.77. The van der Waals surface area contributed by atoms with Gasteiger partial charge in [-0.3, -0.25) is 4.98 Å². The van der Waals surface area contributed by atoms with Crippen LogP contribution in [0.15, 0.2) is 24.4 Å². The van der Waals surface area contributed by atoms with Crippen LogP contribution in [0.3, 0.4) is 0 Å². The van der Waals surface area contributed by atoms with Gasteiger partial charge in [0.05, 0.1) is 17.2 Å². The fourth-order valence-corrected chi connectivity index (χ4v) is 3.86. The van der Waals surface area contributed by atoms with E-state index in [0.29, 0.717) is 5.02 Å². The molecule has 0 N–H and O–H groups in total. The van der Waals surface area contributed by atoms with E-state index in [1.807, 2.05) is 24.4 Å². The molecule has 2 aromatic rings. The third-order valence-electron chi connectivity index (χ3n) is 4.94. The molecular weight excluding hydrogens is 296 g/mol. The first-order chi connectivity index (χ1) is 10.8. The fourth-order valence-electron chi connectivity index (χ4n) is 3.69. The molecule has 3 heterocycles. The minimum Gasteiger partial charge on any atom is -0.355 e. The average molecular weight is 317 g/mol. The molecule has 5 heteroatoms. The average Bonchev–Trinajstić information content (AvgIpc) is 3.09. The summed E-state index contributed by atoms with van der Waals surface area (Å²) in [6.07, 6.45) is 7.10. The summed E-state index contributed by atoms with van der Waals surface area (Å²) < 4.78 is 0. The van der Waals surface area contributed by atoms with Gasteiger partial charge >= 0.3 is 0 Å². The molecule has 1 aromatic carbocycles. The molecule has 0 saturated carbocycles. The van der Waals surface area contributed by atoms with Crippen LogP contribution in [0.1, 0.15) is 25.7 Å². The van der Waals surface area contributed by atoms with Crippen LogP contribution in [0.2, 0.25) is 5.02 Å². The maximum Gasteiger partial charge on any atom is 0.147 e.